The number of aryl methyl sites for hydroxylation is 1. The molecule has 1 saturated heterocycles. The van der Waals surface area contributed by atoms with Gasteiger partial charge in [-0.05, 0) is 83.8 Å². The molecule has 1 atom stereocenters. The molecule has 0 bridgehead atoms. The first-order valence-electron chi connectivity index (χ1n) is 16.0. The number of ketones is 1. The topological polar surface area (TPSA) is 102 Å². The number of aliphatic hydroxyl groups is 1. The van der Waals surface area contributed by atoms with E-state index in [1.807, 2.05) is 61.5 Å². The van der Waals surface area contributed by atoms with E-state index in [1.165, 1.54) is 22.7 Å². The molecule has 1 fully saturated rings. The first-order chi connectivity index (χ1) is 24.9. The summed E-state index contributed by atoms with van der Waals surface area (Å²) < 4.78 is 26.8. The normalized spacial score (nSPS) is 15.3. The van der Waals surface area contributed by atoms with Crippen molar-refractivity contribution in [2.45, 2.75) is 29.7 Å². The van der Waals surface area contributed by atoms with Crippen molar-refractivity contribution in [1.82, 2.24) is 10.2 Å². The molecule has 1 unspecified atom stereocenters. The van der Waals surface area contributed by atoms with E-state index in [4.69, 9.17) is 9.47 Å². The average Bonchev–Trinajstić information content (AvgIpc) is 3.72. The lowest BCUT2D eigenvalue weighted by molar-refractivity contribution is -0.132. The third-order valence-corrected chi connectivity index (χ3v) is 10.4. The summed E-state index contributed by atoms with van der Waals surface area (Å²) >= 11 is 2.37. The van der Waals surface area contributed by atoms with Gasteiger partial charge in [0.25, 0.3) is 5.78 Å². The van der Waals surface area contributed by atoms with Crippen LogP contribution in [0.4, 0.5) is 9.52 Å². The molecule has 0 radical (unpaired) electrons. The first kappa shape index (κ1) is 33.7. The second-order valence-electron chi connectivity index (χ2n) is 11.6. The third kappa shape index (κ3) is 7.40. The minimum absolute atomic E-state index is 0.110. The summed E-state index contributed by atoms with van der Waals surface area (Å²) in [7, 11) is 0. The van der Waals surface area contributed by atoms with Crippen LogP contribution in [0.15, 0.2) is 137 Å². The van der Waals surface area contributed by atoms with Crippen molar-refractivity contribution >= 4 is 45.7 Å². The maximum absolute atomic E-state index is 14.3. The number of rotatable bonds is 11. The van der Waals surface area contributed by atoms with E-state index >= 15 is 0 Å². The van der Waals surface area contributed by atoms with E-state index in [0.717, 1.165) is 22.5 Å². The second kappa shape index (κ2) is 15.0. The van der Waals surface area contributed by atoms with Gasteiger partial charge in [-0.15, -0.1) is 10.2 Å². The van der Waals surface area contributed by atoms with E-state index in [-0.39, 0.29) is 22.3 Å². The highest BCUT2D eigenvalue weighted by Gasteiger charge is 2.48. The van der Waals surface area contributed by atoms with Crippen LogP contribution >= 0.6 is 23.1 Å². The van der Waals surface area contributed by atoms with Crippen LogP contribution in [0, 0.1) is 12.7 Å². The van der Waals surface area contributed by atoms with Gasteiger partial charge in [-0.2, -0.15) is 0 Å². The average molecular weight is 716 g/mol. The molecule has 1 N–H and O–H groups in total. The molecule has 1 aliphatic heterocycles. The molecule has 51 heavy (non-hydrogen) atoms. The van der Waals surface area contributed by atoms with E-state index in [0.29, 0.717) is 50.6 Å². The summed E-state index contributed by atoms with van der Waals surface area (Å²) in [5, 5.41) is 20.4. The zero-order chi connectivity index (χ0) is 35.3. The number of amides is 1. The smallest absolute Gasteiger partial charge is 0.301 e. The van der Waals surface area contributed by atoms with Crippen LogP contribution in [0.3, 0.4) is 0 Å². The molecular formula is C40H30FN3O5S2. The highest BCUT2D eigenvalue weighted by atomic mass is 32.2. The number of para-hydroxylation sites is 1. The van der Waals surface area contributed by atoms with Crippen molar-refractivity contribution in [2.75, 3.05) is 4.90 Å². The number of anilines is 1. The lowest BCUT2D eigenvalue weighted by atomic mass is 9.95. The number of halogens is 1. The molecule has 2 heterocycles. The largest absolute Gasteiger partial charge is 0.507 e. The van der Waals surface area contributed by atoms with Gasteiger partial charge >= 0.3 is 5.91 Å². The van der Waals surface area contributed by atoms with Crippen LogP contribution in [-0.2, 0) is 21.9 Å². The summed E-state index contributed by atoms with van der Waals surface area (Å²) in [6.45, 7) is 2.38. The SMILES string of the molecule is Cc1ccccc1COc1ccc(C(O)=C2C(=O)C(=O)N(c3nnc(SCc4ccccc4F)s3)C2c2cccc(Oc3ccccc3)c2)cc1. The molecule has 0 saturated carbocycles. The number of benzene rings is 5. The van der Waals surface area contributed by atoms with Gasteiger partial charge in [0.2, 0.25) is 5.13 Å². The van der Waals surface area contributed by atoms with Crippen molar-refractivity contribution in [2.24, 2.45) is 0 Å². The van der Waals surface area contributed by atoms with Gasteiger partial charge in [0.1, 0.15) is 35.4 Å². The van der Waals surface area contributed by atoms with Crippen LogP contribution in [0.1, 0.15) is 33.9 Å². The maximum atomic E-state index is 14.3. The van der Waals surface area contributed by atoms with E-state index in [9.17, 15) is 19.1 Å². The van der Waals surface area contributed by atoms with Crippen LogP contribution in [0.2, 0.25) is 0 Å². The van der Waals surface area contributed by atoms with Crippen molar-refractivity contribution in [3.8, 4) is 17.2 Å². The first-order valence-corrected chi connectivity index (χ1v) is 17.8. The lowest BCUT2D eigenvalue weighted by Gasteiger charge is -2.23. The molecule has 0 aliphatic carbocycles. The zero-order valence-corrected chi connectivity index (χ0v) is 28.9. The Morgan fingerprint density at radius 3 is 2.29 bits per heavy atom. The summed E-state index contributed by atoms with van der Waals surface area (Å²) in [6.07, 6.45) is 0. The number of aliphatic hydroxyl groups excluding tert-OH is 1. The van der Waals surface area contributed by atoms with Gasteiger partial charge in [-0.25, -0.2) is 4.39 Å². The molecule has 1 aromatic heterocycles. The molecule has 8 nitrogen and oxygen atoms in total. The van der Waals surface area contributed by atoms with Crippen LogP contribution in [0.5, 0.6) is 17.2 Å². The fraction of sp³-hybridized carbons (Fsp3) is 0.100. The quantitative estimate of drug-likeness (QED) is 0.0466. The molecule has 11 heteroatoms. The van der Waals surface area contributed by atoms with Crippen molar-refractivity contribution < 1.29 is 28.6 Å². The highest BCUT2D eigenvalue weighted by Crippen LogP contribution is 2.45. The minimum atomic E-state index is -1.06. The Hall–Kier alpha value is -5.78. The van der Waals surface area contributed by atoms with E-state index in [1.54, 1.807) is 66.7 Å². The van der Waals surface area contributed by atoms with Crippen LogP contribution < -0.4 is 14.4 Å². The van der Waals surface area contributed by atoms with Crippen LogP contribution in [0.25, 0.3) is 5.76 Å². The van der Waals surface area contributed by atoms with Gasteiger partial charge in [0.15, 0.2) is 4.34 Å². The number of nitrogens with zero attached hydrogens (tertiary/aromatic N) is 3. The van der Waals surface area contributed by atoms with Crippen molar-refractivity contribution in [1.29, 1.82) is 0 Å². The number of aromatic nitrogens is 2. The highest BCUT2D eigenvalue weighted by molar-refractivity contribution is 8.00. The Kier molecular flexibility index (Phi) is 9.91. The van der Waals surface area contributed by atoms with Gasteiger partial charge in [-0.3, -0.25) is 14.5 Å². The Bertz CT molecular complexity index is 2240. The third-order valence-electron chi connectivity index (χ3n) is 8.29. The van der Waals surface area contributed by atoms with Crippen molar-refractivity contribution in [3.05, 3.63) is 167 Å². The minimum Gasteiger partial charge on any atom is -0.507 e. The molecule has 1 amide bonds. The summed E-state index contributed by atoms with van der Waals surface area (Å²) in [5.74, 6) is -0.465. The van der Waals surface area contributed by atoms with Gasteiger partial charge in [-0.1, -0.05) is 95.9 Å². The predicted molar refractivity (Wildman–Crippen MR) is 196 cm³/mol. The molecule has 254 valence electrons. The Morgan fingerprint density at radius 2 is 1.53 bits per heavy atom. The predicted octanol–water partition coefficient (Wildman–Crippen LogP) is 9.28. The van der Waals surface area contributed by atoms with Crippen LogP contribution in [-0.4, -0.2) is 27.0 Å². The van der Waals surface area contributed by atoms with Gasteiger partial charge < -0.3 is 14.6 Å². The zero-order valence-electron chi connectivity index (χ0n) is 27.2. The van der Waals surface area contributed by atoms with E-state index in [2.05, 4.69) is 10.2 Å². The number of Topliss-reactive ketones (excluding diaryl/α,β-unsaturated/α-hetero) is 1. The lowest BCUT2D eigenvalue weighted by Crippen LogP contribution is -2.29. The van der Waals surface area contributed by atoms with Gasteiger partial charge in [0.05, 0.1) is 11.6 Å². The number of carbonyl (C=O) groups is 2. The summed E-state index contributed by atoms with van der Waals surface area (Å²) in [5.41, 5.74) is 3.40. The Balaban J connectivity index is 1.22. The fourth-order valence-electron chi connectivity index (χ4n) is 5.63. The number of hydrogen-bond acceptors (Lipinski definition) is 9. The molecule has 0 spiro atoms. The Labute approximate surface area is 301 Å². The standard InChI is InChI=1S/C40H30FN3O5S2/c1-25-10-5-6-11-28(25)23-48-30-20-18-26(19-21-30)36(45)34-35(27-13-9-16-32(22-27)49-31-14-3-2-4-15-31)44(38(47)37(34)46)39-42-43-40(51-39)50-24-29-12-7-8-17-33(29)41/h2-22,35,45H,23-24H2,1H3. The molecule has 1 aliphatic rings. The van der Waals surface area contributed by atoms with Gasteiger partial charge in [0, 0.05) is 11.3 Å². The number of hydrogen-bond donors (Lipinski definition) is 1. The van der Waals surface area contributed by atoms with E-state index < -0.39 is 17.7 Å². The molecule has 5 aromatic carbocycles. The molecule has 6 aromatic rings. The summed E-state index contributed by atoms with van der Waals surface area (Å²) in [4.78, 5) is 28.9. The van der Waals surface area contributed by atoms with Crippen molar-refractivity contribution in [3.63, 3.8) is 0 Å². The Morgan fingerprint density at radius 1 is 0.824 bits per heavy atom. The molecule has 7 rings (SSSR count). The molecular weight excluding hydrogens is 686 g/mol. The number of ether oxygens (including phenoxy) is 2. The fourth-order valence-corrected chi connectivity index (χ4v) is 7.48. The number of carbonyl (C=O) groups excluding carboxylic acids is 2. The monoisotopic (exact) mass is 715 g/mol. The number of thioether (sulfide) groups is 1. The summed E-state index contributed by atoms with van der Waals surface area (Å²) in [6, 6.07) is 36.2. The maximum Gasteiger partial charge on any atom is 0.301 e. The second-order valence-corrected chi connectivity index (χ2v) is 13.8.